The monoisotopic (exact) mass is 261 g/mol. The SMILES string of the molecule is CC[C@@H](C)N1C(=O)C[C@H](C(=O)O)[C@@H]1c1ccccc1. The summed E-state index contributed by atoms with van der Waals surface area (Å²) >= 11 is 0. The fourth-order valence-electron chi connectivity index (χ4n) is 2.74. The first kappa shape index (κ1) is 13.6. The molecule has 1 heterocycles. The smallest absolute Gasteiger partial charge is 0.309 e. The van der Waals surface area contributed by atoms with E-state index >= 15 is 0 Å². The van der Waals surface area contributed by atoms with Gasteiger partial charge in [-0.05, 0) is 18.9 Å². The van der Waals surface area contributed by atoms with E-state index < -0.39 is 11.9 Å². The topological polar surface area (TPSA) is 57.6 Å². The Morgan fingerprint density at radius 3 is 2.58 bits per heavy atom. The molecule has 102 valence electrons. The van der Waals surface area contributed by atoms with E-state index in [9.17, 15) is 14.7 Å². The van der Waals surface area contributed by atoms with Gasteiger partial charge in [0.25, 0.3) is 0 Å². The zero-order chi connectivity index (χ0) is 14.0. The molecule has 0 aromatic heterocycles. The largest absolute Gasteiger partial charge is 0.481 e. The third kappa shape index (κ3) is 2.48. The standard InChI is InChI=1S/C15H19NO3/c1-3-10(2)16-13(17)9-12(15(18)19)14(16)11-7-5-4-6-8-11/h4-8,10,12,14H,3,9H2,1-2H3,(H,18,19)/t10-,12+,14+/m1/s1. The van der Waals surface area contributed by atoms with Crippen molar-refractivity contribution in [3.05, 3.63) is 35.9 Å². The molecule has 19 heavy (non-hydrogen) atoms. The fourth-order valence-corrected chi connectivity index (χ4v) is 2.74. The highest BCUT2D eigenvalue weighted by Crippen LogP contribution is 2.40. The molecule has 0 unspecified atom stereocenters. The van der Waals surface area contributed by atoms with Crippen molar-refractivity contribution in [2.45, 2.75) is 38.8 Å². The van der Waals surface area contributed by atoms with Gasteiger partial charge < -0.3 is 10.0 Å². The predicted molar refractivity (Wildman–Crippen MR) is 71.5 cm³/mol. The fraction of sp³-hybridized carbons (Fsp3) is 0.467. The second-order valence-electron chi connectivity index (χ2n) is 5.06. The average Bonchev–Trinajstić information content (AvgIpc) is 2.76. The minimum atomic E-state index is -0.895. The predicted octanol–water partition coefficient (Wildman–Crippen LogP) is 2.46. The van der Waals surface area contributed by atoms with Gasteiger partial charge in [-0.2, -0.15) is 0 Å². The lowest BCUT2D eigenvalue weighted by Gasteiger charge is -2.32. The first-order valence-corrected chi connectivity index (χ1v) is 6.65. The molecule has 0 bridgehead atoms. The summed E-state index contributed by atoms with van der Waals surface area (Å²) in [5, 5.41) is 9.36. The van der Waals surface area contributed by atoms with Gasteiger partial charge in [-0.1, -0.05) is 37.3 Å². The zero-order valence-corrected chi connectivity index (χ0v) is 11.2. The van der Waals surface area contributed by atoms with Gasteiger partial charge in [0.05, 0.1) is 12.0 Å². The van der Waals surface area contributed by atoms with E-state index in [-0.39, 0.29) is 24.4 Å². The summed E-state index contributed by atoms with van der Waals surface area (Å²) in [7, 11) is 0. The molecule has 1 aliphatic rings. The minimum Gasteiger partial charge on any atom is -0.481 e. The van der Waals surface area contributed by atoms with E-state index in [1.807, 2.05) is 44.2 Å². The van der Waals surface area contributed by atoms with Crippen molar-refractivity contribution in [2.75, 3.05) is 0 Å². The molecule has 2 rings (SSSR count). The van der Waals surface area contributed by atoms with E-state index in [1.165, 1.54) is 0 Å². The Bertz CT molecular complexity index is 472. The van der Waals surface area contributed by atoms with Crippen LogP contribution in [-0.2, 0) is 9.59 Å². The Morgan fingerprint density at radius 2 is 2.05 bits per heavy atom. The molecule has 0 spiro atoms. The van der Waals surface area contributed by atoms with E-state index in [1.54, 1.807) is 4.90 Å². The molecule has 1 aromatic carbocycles. The molecule has 1 aromatic rings. The van der Waals surface area contributed by atoms with Crippen LogP contribution in [0.1, 0.15) is 38.3 Å². The molecule has 4 heteroatoms. The molecule has 3 atom stereocenters. The van der Waals surface area contributed by atoms with Crippen molar-refractivity contribution in [3.8, 4) is 0 Å². The number of likely N-dealkylation sites (tertiary alicyclic amines) is 1. The van der Waals surface area contributed by atoms with Gasteiger partial charge in [-0.15, -0.1) is 0 Å². The number of carboxylic acids is 1. The number of hydrogen-bond acceptors (Lipinski definition) is 2. The van der Waals surface area contributed by atoms with Crippen molar-refractivity contribution in [1.29, 1.82) is 0 Å². The zero-order valence-electron chi connectivity index (χ0n) is 11.2. The first-order chi connectivity index (χ1) is 9.06. The molecule has 1 N–H and O–H groups in total. The summed E-state index contributed by atoms with van der Waals surface area (Å²) in [5.41, 5.74) is 0.904. The van der Waals surface area contributed by atoms with Gasteiger partial charge in [0.2, 0.25) is 5.91 Å². The van der Waals surface area contributed by atoms with E-state index in [0.29, 0.717) is 0 Å². The van der Waals surface area contributed by atoms with Crippen LogP contribution in [-0.4, -0.2) is 27.9 Å². The number of nitrogens with zero attached hydrogens (tertiary/aromatic N) is 1. The number of aliphatic carboxylic acids is 1. The summed E-state index contributed by atoms with van der Waals surface area (Å²) in [6.45, 7) is 3.98. The second-order valence-corrected chi connectivity index (χ2v) is 5.06. The number of benzene rings is 1. The van der Waals surface area contributed by atoms with Crippen LogP contribution < -0.4 is 0 Å². The molecule has 4 nitrogen and oxygen atoms in total. The Kier molecular flexibility index (Phi) is 3.88. The van der Waals surface area contributed by atoms with Crippen molar-refractivity contribution >= 4 is 11.9 Å². The highest BCUT2D eigenvalue weighted by Gasteiger charge is 2.45. The van der Waals surface area contributed by atoms with Gasteiger partial charge in [-0.25, -0.2) is 0 Å². The van der Waals surface area contributed by atoms with Crippen LogP contribution in [0.3, 0.4) is 0 Å². The van der Waals surface area contributed by atoms with Gasteiger partial charge >= 0.3 is 5.97 Å². The van der Waals surface area contributed by atoms with Crippen LogP contribution >= 0.6 is 0 Å². The second kappa shape index (κ2) is 5.43. The molecule has 0 saturated carbocycles. The molecule has 1 fully saturated rings. The summed E-state index contributed by atoms with van der Waals surface area (Å²) in [4.78, 5) is 25.3. The van der Waals surface area contributed by atoms with Crippen molar-refractivity contribution in [3.63, 3.8) is 0 Å². The van der Waals surface area contributed by atoms with Crippen LogP contribution in [0.2, 0.25) is 0 Å². The summed E-state index contributed by atoms with van der Waals surface area (Å²) < 4.78 is 0. The maximum absolute atomic E-state index is 12.1. The molecule has 1 saturated heterocycles. The Labute approximate surface area is 113 Å². The quantitative estimate of drug-likeness (QED) is 0.905. The van der Waals surface area contributed by atoms with Gasteiger partial charge in [0.1, 0.15) is 0 Å². The Hall–Kier alpha value is -1.84. The molecular weight excluding hydrogens is 242 g/mol. The highest BCUT2D eigenvalue weighted by molar-refractivity contribution is 5.87. The van der Waals surface area contributed by atoms with Gasteiger partial charge in [-0.3, -0.25) is 9.59 Å². The summed E-state index contributed by atoms with van der Waals surface area (Å²) in [5.74, 6) is -1.60. The third-order valence-electron chi connectivity index (χ3n) is 3.89. The number of carboxylic acid groups (broad SMARTS) is 1. The lowest BCUT2D eigenvalue weighted by Crippen LogP contribution is -2.37. The molecular formula is C15H19NO3. The maximum atomic E-state index is 12.1. The minimum absolute atomic E-state index is 0.0575. The van der Waals surface area contributed by atoms with Crippen molar-refractivity contribution in [2.24, 2.45) is 5.92 Å². The number of rotatable bonds is 4. The molecule has 1 amide bonds. The Morgan fingerprint density at radius 1 is 1.42 bits per heavy atom. The van der Waals surface area contributed by atoms with Crippen LogP contribution in [0, 0.1) is 5.92 Å². The highest BCUT2D eigenvalue weighted by atomic mass is 16.4. The van der Waals surface area contributed by atoms with E-state index in [4.69, 9.17) is 0 Å². The lowest BCUT2D eigenvalue weighted by molar-refractivity contribution is -0.142. The summed E-state index contributed by atoms with van der Waals surface area (Å²) in [6.07, 6.45) is 0.917. The van der Waals surface area contributed by atoms with Gasteiger partial charge in [0.15, 0.2) is 0 Å². The lowest BCUT2D eigenvalue weighted by atomic mass is 9.93. The van der Waals surface area contributed by atoms with Crippen LogP contribution in [0.5, 0.6) is 0 Å². The maximum Gasteiger partial charge on any atom is 0.309 e. The van der Waals surface area contributed by atoms with Crippen LogP contribution in [0.25, 0.3) is 0 Å². The molecule has 0 aliphatic carbocycles. The number of carbonyl (C=O) groups is 2. The number of amides is 1. The van der Waals surface area contributed by atoms with Gasteiger partial charge in [0, 0.05) is 12.5 Å². The third-order valence-corrected chi connectivity index (χ3v) is 3.89. The normalized spacial score (nSPS) is 24.5. The molecule has 0 radical (unpaired) electrons. The average molecular weight is 261 g/mol. The molecule has 1 aliphatic heterocycles. The number of carbonyl (C=O) groups excluding carboxylic acids is 1. The first-order valence-electron chi connectivity index (χ1n) is 6.65. The van der Waals surface area contributed by atoms with E-state index in [2.05, 4.69) is 0 Å². The van der Waals surface area contributed by atoms with Crippen molar-refractivity contribution < 1.29 is 14.7 Å². The summed E-state index contributed by atoms with van der Waals surface area (Å²) in [6, 6.07) is 9.16. The van der Waals surface area contributed by atoms with Crippen molar-refractivity contribution in [1.82, 2.24) is 4.90 Å². The number of hydrogen-bond donors (Lipinski definition) is 1. The van der Waals surface area contributed by atoms with E-state index in [0.717, 1.165) is 12.0 Å². The van der Waals surface area contributed by atoms with Crippen LogP contribution in [0.15, 0.2) is 30.3 Å². The van der Waals surface area contributed by atoms with Crippen LogP contribution in [0.4, 0.5) is 0 Å². The Balaban J connectivity index is 2.42.